The van der Waals surface area contributed by atoms with Gasteiger partial charge in [0.15, 0.2) is 0 Å². The van der Waals surface area contributed by atoms with Gasteiger partial charge < -0.3 is 20.4 Å². The highest BCUT2D eigenvalue weighted by atomic mass is 16.4. The van der Waals surface area contributed by atoms with Crippen LogP contribution < -0.4 is 0 Å². The predicted molar refractivity (Wildman–Crippen MR) is 51.0 cm³/mol. The van der Waals surface area contributed by atoms with Crippen LogP contribution in [0.15, 0.2) is 0 Å². The Morgan fingerprint density at radius 2 is 1.35 bits per heavy atom. The standard InChI is InChI=1S/C9H11O8/c1-3(7(12)13)6(9(16)17)4(8(14)15)2-5(10)11/h3-4,6H,1-2H2,(H,10,11)(H,12,13)(H,14,15)(H,16,17). The number of carboxylic acids is 4. The fourth-order valence-electron chi connectivity index (χ4n) is 1.33. The molecule has 0 amide bonds. The van der Waals surface area contributed by atoms with E-state index in [9.17, 15) is 19.2 Å². The van der Waals surface area contributed by atoms with Crippen LogP contribution in [0.5, 0.6) is 0 Å². The molecule has 0 aliphatic rings. The van der Waals surface area contributed by atoms with Crippen LogP contribution in [0, 0.1) is 24.7 Å². The summed E-state index contributed by atoms with van der Waals surface area (Å²) in [5.74, 6) is -12.0. The predicted octanol–water partition coefficient (Wildman–Crippen LogP) is -0.602. The first-order chi connectivity index (χ1) is 7.68. The van der Waals surface area contributed by atoms with Crippen molar-refractivity contribution in [1.29, 1.82) is 0 Å². The fourth-order valence-corrected chi connectivity index (χ4v) is 1.33. The molecule has 8 heteroatoms. The van der Waals surface area contributed by atoms with E-state index in [2.05, 4.69) is 6.92 Å². The van der Waals surface area contributed by atoms with Crippen LogP contribution in [0.25, 0.3) is 0 Å². The second-order valence-electron chi connectivity index (χ2n) is 3.35. The summed E-state index contributed by atoms with van der Waals surface area (Å²) in [4.78, 5) is 42.6. The van der Waals surface area contributed by atoms with Crippen molar-refractivity contribution in [3.63, 3.8) is 0 Å². The third-order valence-electron chi connectivity index (χ3n) is 2.18. The molecule has 95 valence electrons. The first kappa shape index (κ1) is 14.9. The number of carboxylic acid groups (broad SMARTS) is 4. The van der Waals surface area contributed by atoms with Crippen LogP contribution in [-0.4, -0.2) is 44.3 Å². The number of rotatable bonds is 7. The molecule has 0 saturated carbocycles. The summed E-state index contributed by atoms with van der Waals surface area (Å²) < 4.78 is 0. The summed E-state index contributed by atoms with van der Waals surface area (Å²) in [5, 5.41) is 34.5. The smallest absolute Gasteiger partial charge is 0.308 e. The van der Waals surface area contributed by atoms with E-state index < -0.39 is 48.1 Å². The van der Waals surface area contributed by atoms with Gasteiger partial charge in [-0.3, -0.25) is 19.2 Å². The maximum atomic E-state index is 10.8. The fraction of sp³-hybridized carbons (Fsp3) is 0.444. The Morgan fingerprint density at radius 1 is 0.882 bits per heavy atom. The van der Waals surface area contributed by atoms with E-state index in [1.807, 2.05) is 0 Å². The van der Waals surface area contributed by atoms with Gasteiger partial charge in [0, 0.05) is 0 Å². The van der Waals surface area contributed by atoms with Crippen molar-refractivity contribution in [2.24, 2.45) is 17.8 Å². The monoisotopic (exact) mass is 247 g/mol. The van der Waals surface area contributed by atoms with Crippen molar-refractivity contribution in [2.45, 2.75) is 6.42 Å². The van der Waals surface area contributed by atoms with E-state index in [-0.39, 0.29) is 0 Å². The normalized spacial score (nSPS) is 15.6. The SMILES string of the molecule is [CH2]C(C(=O)O)C(C(=O)O)C(CC(=O)O)C(=O)O. The van der Waals surface area contributed by atoms with Gasteiger partial charge in [-0.05, 0) is 6.92 Å². The highest BCUT2D eigenvalue weighted by molar-refractivity contribution is 5.87. The van der Waals surface area contributed by atoms with E-state index in [1.165, 1.54) is 0 Å². The molecule has 0 rings (SSSR count). The van der Waals surface area contributed by atoms with Gasteiger partial charge in [-0.15, -0.1) is 0 Å². The zero-order chi connectivity index (χ0) is 13.7. The minimum Gasteiger partial charge on any atom is -0.481 e. The number of hydrogen-bond donors (Lipinski definition) is 4. The summed E-state index contributed by atoms with van der Waals surface area (Å²) >= 11 is 0. The Labute approximate surface area is 95.5 Å². The first-order valence-electron chi connectivity index (χ1n) is 4.41. The molecule has 0 bridgehead atoms. The summed E-state index contributed by atoms with van der Waals surface area (Å²) in [6.45, 7) is 3.03. The Hall–Kier alpha value is -2.12. The first-order valence-corrected chi connectivity index (χ1v) is 4.41. The quantitative estimate of drug-likeness (QED) is 0.465. The van der Waals surface area contributed by atoms with Crippen molar-refractivity contribution in [2.75, 3.05) is 0 Å². The molecule has 0 fully saturated rings. The minimum atomic E-state index is -1.90. The average molecular weight is 247 g/mol. The molecule has 0 heterocycles. The lowest BCUT2D eigenvalue weighted by atomic mass is 9.80. The molecule has 0 aromatic carbocycles. The average Bonchev–Trinajstić information content (AvgIpc) is 2.14. The van der Waals surface area contributed by atoms with Gasteiger partial charge >= 0.3 is 23.9 Å². The largest absolute Gasteiger partial charge is 0.481 e. The summed E-state index contributed by atoms with van der Waals surface area (Å²) in [5.41, 5.74) is 0. The van der Waals surface area contributed by atoms with Crippen molar-refractivity contribution >= 4 is 23.9 Å². The Kier molecular flexibility index (Phi) is 5.10. The van der Waals surface area contributed by atoms with Crippen LogP contribution in [-0.2, 0) is 19.2 Å². The van der Waals surface area contributed by atoms with Gasteiger partial charge in [0.2, 0.25) is 0 Å². The molecule has 0 spiro atoms. The molecule has 1 radical (unpaired) electrons. The molecule has 8 nitrogen and oxygen atoms in total. The molecule has 4 N–H and O–H groups in total. The molecular weight excluding hydrogens is 236 g/mol. The van der Waals surface area contributed by atoms with E-state index in [0.717, 1.165) is 0 Å². The maximum Gasteiger partial charge on any atom is 0.308 e. The highest BCUT2D eigenvalue weighted by Crippen LogP contribution is 2.25. The van der Waals surface area contributed by atoms with Gasteiger partial charge in [0.05, 0.1) is 24.2 Å². The third-order valence-corrected chi connectivity index (χ3v) is 2.18. The van der Waals surface area contributed by atoms with E-state index in [4.69, 9.17) is 20.4 Å². The zero-order valence-corrected chi connectivity index (χ0v) is 8.57. The van der Waals surface area contributed by atoms with Crippen LogP contribution in [0.4, 0.5) is 0 Å². The highest BCUT2D eigenvalue weighted by Gasteiger charge is 2.41. The van der Waals surface area contributed by atoms with Crippen LogP contribution in [0.2, 0.25) is 0 Å². The lowest BCUT2D eigenvalue weighted by molar-refractivity contribution is -0.162. The third kappa shape index (κ3) is 4.09. The number of carbonyl (C=O) groups is 4. The van der Waals surface area contributed by atoms with Crippen LogP contribution >= 0.6 is 0 Å². The zero-order valence-electron chi connectivity index (χ0n) is 8.57. The van der Waals surface area contributed by atoms with Gasteiger partial charge in [-0.25, -0.2) is 0 Å². The molecule has 17 heavy (non-hydrogen) atoms. The summed E-state index contributed by atoms with van der Waals surface area (Å²) in [6, 6.07) is 0. The maximum absolute atomic E-state index is 10.8. The van der Waals surface area contributed by atoms with E-state index in [0.29, 0.717) is 0 Å². The molecule has 0 saturated heterocycles. The van der Waals surface area contributed by atoms with Gasteiger partial charge in [-0.1, -0.05) is 0 Å². The lowest BCUT2D eigenvalue weighted by Crippen LogP contribution is -2.38. The summed E-state index contributed by atoms with van der Waals surface area (Å²) in [7, 11) is 0. The van der Waals surface area contributed by atoms with Gasteiger partial charge in [-0.2, -0.15) is 0 Å². The van der Waals surface area contributed by atoms with E-state index >= 15 is 0 Å². The second kappa shape index (κ2) is 5.83. The van der Waals surface area contributed by atoms with Crippen molar-refractivity contribution in [1.82, 2.24) is 0 Å². The Morgan fingerprint density at radius 3 is 1.59 bits per heavy atom. The molecule has 0 aromatic rings. The van der Waals surface area contributed by atoms with Crippen LogP contribution in [0.3, 0.4) is 0 Å². The summed E-state index contributed by atoms with van der Waals surface area (Å²) in [6.07, 6.45) is -0.981. The van der Waals surface area contributed by atoms with Crippen molar-refractivity contribution < 1.29 is 39.6 Å². The second-order valence-corrected chi connectivity index (χ2v) is 3.35. The Balaban J connectivity index is 5.23. The van der Waals surface area contributed by atoms with Crippen molar-refractivity contribution in [3.8, 4) is 0 Å². The minimum absolute atomic E-state index is 0.981. The molecular formula is C9H11O8. The van der Waals surface area contributed by atoms with Crippen molar-refractivity contribution in [3.05, 3.63) is 6.92 Å². The molecule has 0 aliphatic carbocycles. The molecule has 0 aromatic heterocycles. The Bertz CT molecular complexity index is 347. The lowest BCUT2D eigenvalue weighted by Gasteiger charge is -2.21. The van der Waals surface area contributed by atoms with Gasteiger partial charge in [0.25, 0.3) is 0 Å². The topological polar surface area (TPSA) is 149 Å². The van der Waals surface area contributed by atoms with Gasteiger partial charge in [0.1, 0.15) is 0 Å². The molecule has 3 atom stereocenters. The number of aliphatic carboxylic acids is 4. The van der Waals surface area contributed by atoms with E-state index in [1.54, 1.807) is 0 Å². The number of hydrogen-bond acceptors (Lipinski definition) is 4. The molecule has 3 unspecified atom stereocenters. The molecule has 0 aliphatic heterocycles. The van der Waals surface area contributed by atoms with Crippen LogP contribution in [0.1, 0.15) is 6.42 Å².